The first-order valence-corrected chi connectivity index (χ1v) is 6.08. The first kappa shape index (κ1) is 13.3. The molecule has 1 heterocycles. The summed E-state index contributed by atoms with van der Waals surface area (Å²) in [5, 5.41) is 11.1. The van der Waals surface area contributed by atoms with Gasteiger partial charge in [-0.25, -0.2) is 4.98 Å². The van der Waals surface area contributed by atoms with E-state index in [9.17, 15) is 10.1 Å². The lowest BCUT2D eigenvalue weighted by Crippen LogP contribution is -1.98. The van der Waals surface area contributed by atoms with Crippen LogP contribution < -0.4 is 4.74 Å². The largest absolute Gasteiger partial charge is 0.431 e. The second-order valence-corrected chi connectivity index (χ2v) is 4.15. The van der Waals surface area contributed by atoms with Gasteiger partial charge in [-0.3, -0.25) is 10.1 Å². The molecule has 19 heavy (non-hydrogen) atoms. The highest BCUT2D eigenvalue weighted by atomic mass is 35.5. The van der Waals surface area contributed by atoms with Crippen LogP contribution in [0.2, 0.25) is 0 Å². The van der Waals surface area contributed by atoms with E-state index in [1.54, 1.807) is 37.4 Å². The van der Waals surface area contributed by atoms with Crippen molar-refractivity contribution in [1.82, 2.24) is 4.98 Å². The second kappa shape index (κ2) is 5.67. The van der Waals surface area contributed by atoms with E-state index in [4.69, 9.17) is 16.3 Å². The van der Waals surface area contributed by atoms with Crippen LogP contribution in [0.25, 0.3) is 0 Å². The fraction of sp³-hybridized carbons (Fsp3) is 0.154. The zero-order valence-corrected chi connectivity index (χ0v) is 10.9. The number of aromatic nitrogens is 1. The maximum Gasteiger partial charge on any atom is 0.314 e. The van der Waals surface area contributed by atoms with Gasteiger partial charge in [0.15, 0.2) is 0 Å². The van der Waals surface area contributed by atoms with Crippen molar-refractivity contribution in [2.24, 2.45) is 0 Å². The van der Waals surface area contributed by atoms with Crippen molar-refractivity contribution in [2.75, 3.05) is 0 Å². The standard InChI is InChI=1S/C13H11ClN2O3/c1-9-4-2-6-11(12(9)16(17)18)19-13-10(8-14)5-3-7-15-13/h2-7H,8H2,1H3. The number of halogens is 1. The molecule has 0 fully saturated rings. The van der Waals surface area contributed by atoms with Crippen molar-refractivity contribution in [3.05, 3.63) is 57.8 Å². The van der Waals surface area contributed by atoms with Gasteiger partial charge in [0, 0.05) is 17.3 Å². The Kier molecular flexibility index (Phi) is 3.97. The lowest BCUT2D eigenvalue weighted by atomic mass is 10.2. The minimum atomic E-state index is -0.464. The number of rotatable bonds is 4. The highest BCUT2D eigenvalue weighted by molar-refractivity contribution is 6.17. The number of nitrogens with zero attached hydrogens (tertiary/aromatic N) is 2. The normalized spacial score (nSPS) is 10.2. The number of ether oxygens (including phenoxy) is 1. The first-order valence-electron chi connectivity index (χ1n) is 5.55. The SMILES string of the molecule is Cc1cccc(Oc2ncccc2CCl)c1[N+](=O)[O-]. The van der Waals surface area contributed by atoms with Crippen LogP contribution in [0, 0.1) is 17.0 Å². The number of nitro groups is 1. The quantitative estimate of drug-likeness (QED) is 0.484. The van der Waals surface area contributed by atoms with Crippen molar-refractivity contribution in [2.45, 2.75) is 12.8 Å². The molecule has 0 aliphatic rings. The molecule has 2 rings (SSSR count). The van der Waals surface area contributed by atoms with Gasteiger partial charge >= 0.3 is 5.69 Å². The van der Waals surface area contributed by atoms with Gasteiger partial charge in [0.05, 0.1) is 10.8 Å². The highest BCUT2D eigenvalue weighted by Gasteiger charge is 2.19. The van der Waals surface area contributed by atoms with Crippen LogP contribution in [0.5, 0.6) is 11.6 Å². The van der Waals surface area contributed by atoms with Gasteiger partial charge in [-0.1, -0.05) is 18.2 Å². The van der Waals surface area contributed by atoms with Gasteiger partial charge in [0.1, 0.15) is 0 Å². The number of benzene rings is 1. The molecule has 98 valence electrons. The number of aryl methyl sites for hydroxylation is 1. The van der Waals surface area contributed by atoms with Crippen LogP contribution >= 0.6 is 11.6 Å². The molecule has 0 amide bonds. The first-order chi connectivity index (χ1) is 9.13. The molecule has 5 nitrogen and oxygen atoms in total. The Morgan fingerprint density at radius 3 is 2.84 bits per heavy atom. The average molecular weight is 279 g/mol. The monoisotopic (exact) mass is 278 g/mol. The van der Waals surface area contributed by atoms with Crippen LogP contribution in [0.15, 0.2) is 36.5 Å². The summed E-state index contributed by atoms with van der Waals surface area (Å²) in [6.45, 7) is 1.66. The van der Waals surface area contributed by atoms with E-state index < -0.39 is 4.92 Å². The summed E-state index contributed by atoms with van der Waals surface area (Å²) < 4.78 is 5.54. The molecule has 0 unspecified atom stereocenters. The summed E-state index contributed by atoms with van der Waals surface area (Å²) in [7, 11) is 0. The minimum absolute atomic E-state index is 0.0614. The third kappa shape index (κ3) is 2.82. The number of alkyl halides is 1. The third-order valence-corrected chi connectivity index (χ3v) is 2.87. The molecule has 0 atom stereocenters. The van der Waals surface area contributed by atoms with E-state index in [0.717, 1.165) is 0 Å². The van der Waals surface area contributed by atoms with Crippen molar-refractivity contribution in [3.8, 4) is 11.6 Å². The maximum atomic E-state index is 11.1. The Labute approximate surface area is 115 Å². The molecule has 0 bridgehead atoms. The molecular weight excluding hydrogens is 268 g/mol. The smallest absolute Gasteiger partial charge is 0.314 e. The Bertz CT molecular complexity index is 617. The molecule has 0 saturated heterocycles. The van der Waals surface area contributed by atoms with Crippen molar-refractivity contribution in [3.63, 3.8) is 0 Å². The Morgan fingerprint density at radius 2 is 2.16 bits per heavy atom. The molecule has 0 saturated carbocycles. The topological polar surface area (TPSA) is 65.3 Å². The summed E-state index contributed by atoms with van der Waals surface area (Å²) >= 11 is 5.78. The zero-order valence-electron chi connectivity index (χ0n) is 10.2. The van der Waals surface area contributed by atoms with E-state index in [1.807, 2.05) is 0 Å². The molecule has 2 aromatic rings. The lowest BCUT2D eigenvalue weighted by Gasteiger charge is -2.09. The van der Waals surface area contributed by atoms with Gasteiger partial charge in [-0.05, 0) is 19.1 Å². The predicted molar refractivity (Wildman–Crippen MR) is 71.7 cm³/mol. The van der Waals surface area contributed by atoms with Crippen LogP contribution in [-0.4, -0.2) is 9.91 Å². The molecular formula is C13H11ClN2O3. The number of hydrogen-bond donors (Lipinski definition) is 0. The van der Waals surface area contributed by atoms with Crippen molar-refractivity contribution in [1.29, 1.82) is 0 Å². The lowest BCUT2D eigenvalue weighted by molar-refractivity contribution is -0.386. The third-order valence-electron chi connectivity index (χ3n) is 2.58. The number of hydrogen-bond acceptors (Lipinski definition) is 4. The van der Waals surface area contributed by atoms with E-state index in [0.29, 0.717) is 11.1 Å². The Hall–Kier alpha value is -2.14. The molecule has 0 spiro atoms. The van der Waals surface area contributed by atoms with Gasteiger partial charge in [-0.15, -0.1) is 11.6 Å². The number of nitro benzene ring substituents is 1. The van der Waals surface area contributed by atoms with Crippen molar-refractivity contribution >= 4 is 17.3 Å². The van der Waals surface area contributed by atoms with Crippen LogP contribution in [0.1, 0.15) is 11.1 Å². The van der Waals surface area contributed by atoms with E-state index in [-0.39, 0.29) is 23.2 Å². The fourth-order valence-corrected chi connectivity index (χ4v) is 1.87. The summed E-state index contributed by atoms with van der Waals surface area (Å²) in [6, 6.07) is 8.39. The average Bonchev–Trinajstić information content (AvgIpc) is 2.39. The van der Waals surface area contributed by atoms with Crippen LogP contribution in [0.3, 0.4) is 0 Å². The maximum absolute atomic E-state index is 11.1. The van der Waals surface area contributed by atoms with Crippen LogP contribution in [0.4, 0.5) is 5.69 Å². The summed E-state index contributed by atoms with van der Waals surface area (Å²) in [5.41, 5.74) is 1.15. The summed E-state index contributed by atoms with van der Waals surface area (Å²) in [6.07, 6.45) is 1.55. The van der Waals surface area contributed by atoms with Crippen LogP contribution in [-0.2, 0) is 5.88 Å². The van der Waals surface area contributed by atoms with E-state index >= 15 is 0 Å². The van der Waals surface area contributed by atoms with E-state index in [2.05, 4.69) is 4.98 Å². The Balaban J connectivity index is 2.44. The molecule has 0 aliphatic heterocycles. The number of pyridine rings is 1. The molecule has 0 radical (unpaired) electrons. The summed E-state index contributed by atoms with van der Waals surface area (Å²) in [4.78, 5) is 14.6. The van der Waals surface area contributed by atoms with Gasteiger partial charge in [0.25, 0.3) is 0 Å². The summed E-state index contributed by atoms with van der Waals surface area (Å²) in [5.74, 6) is 0.671. The molecule has 6 heteroatoms. The number of para-hydroxylation sites is 1. The minimum Gasteiger partial charge on any atom is -0.431 e. The Morgan fingerprint density at radius 1 is 1.37 bits per heavy atom. The van der Waals surface area contributed by atoms with Crippen molar-refractivity contribution < 1.29 is 9.66 Å². The molecule has 1 aromatic carbocycles. The second-order valence-electron chi connectivity index (χ2n) is 3.88. The molecule has 0 aliphatic carbocycles. The predicted octanol–water partition coefficient (Wildman–Crippen LogP) is 3.83. The van der Waals surface area contributed by atoms with Gasteiger partial charge in [0.2, 0.25) is 11.6 Å². The van der Waals surface area contributed by atoms with E-state index in [1.165, 1.54) is 6.07 Å². The van der Waals surface area contributed by atoms with Gasteiger partial charge in [-0.2, -0.15) is 0 Å². The zero-order chi connectivity index (χ0) is 13.8. The van der Waals surface area contributed by atoms with Gasteiger partial charge < -0.3 is 4.74 Å². The molecule has 0 N–H and O–H groups in total. The molecule has 1 aromatic heterocycles. The highest BCUT2D eigenvalue weighted by Crippen LogP contribution is 2.34. The fourth-order valence-electron chi connectivity index (χ4n) is 1.67.